The average molecular weight is 349 g/mol. The molecule has 138 valence electrons. The zero-order chi connectivity index (χ0) is 18.1. The molecule has 1 fully saturated rings. The van der Waals surface area contributed by atoms with Crippen molar-refractivity contribution in [3.8, 4) is 5.75 Å². The fourth-order valence-electron chi connectivity index (χ4n) is 2.71. The van der Waals surface area contributed by atoms with E-state index in [0.29, 0.717) is 32.8 Å². The molecule has 1 aliphatic heterocycles. The van der Waals surface area contributed by atoms with Crippen molar-refractivity contribution in [3.05, 3.63) is 29.8 Å². The topological polar surface area (TPSA) is 79.9 Å². The van der Waals surface area contributed by atoms with E-state index < -0.39 is 0 Å². The predicted octanol–water partition coefficient (Wildman–Crippen LogP) is 2.51. The lowest BCUT2D eigenvalue weighted by molar-refractivity contribution is 0.0957. The highest BCUT2D eigenvalue weighted by molar-refractivity contribution is 5.74. The Hall–Kier alpha value is -2.44. The van der Waals surface area contributed by atoms with Crippen LogP contribution in [0.3, 0.4) is 0 Å². The van der Waals surface area contributed by atoms with Gasteiger partial charge in [-0.1, -0.05) is 12.1 Å². The summed E-state index contributed by atoms with van der Waals surface area (Å²) in [6, 6.07) is 7.54. The Morgan fingerprint density at radius 1 is 1.12 bits per heavy atom. The third-order valence-corrected chi connectivity index (χ3v) is 4.04. The molecule has 0 aliphatic carbocycles. The first-order chi connectivity index (χ1) is 12.1. The van der Waals surface area contributed by atoms with Crippen LogP contribution in [-0.2, 0) is 11.3 Å². The maximum atomic E-state index is 12.0. The van der Waals surface area contributed by atoms with Crippen LogP contribution in [0.15, 0.2) is 24.3 Å². The largest absolute Gasteiger partial charge is 0.494 e. The zero-order valence-corrected chi connectivity index (χ0v) is 14.9. The Morgan fingerprint density at radius 2 is 1.80 bits per heavy atom. The fourth-order valence-corrected chi connectivity index (χ4v) is 2.71. The van der Waals surface area contributed by atoms with E-state index in [2.05, 4.69) is 10.6 Å². The third kappa shape index (κ3) is 6.17. The number of nitrogens with one attached hydrogen (secondary N) is 2. The number of carbonyl (C=O) groups is 2. The molecule has 7 heteroatoms. The normalized spacial score (nSPS) is 14.7. The van der Waals surface area contributed by atoms with Gasteiger partial charge >= 0.3 is 12.1 Å². The Kier molecular flexibility index (Phi) is 7.37. The summed E-state index contributed by atoms with van der Waals surface area (Å²) in [7, 11) is 0. The first kappa shape index (κ1) is 18.9. The zero-order valence-electron chi connectivity index (χ0n) is 14.9. The summed E-state index contributed by atoms with van der Waals surface area (Å²) in [6.45, 7) is 6.41. The maximum Gasteiger partial charge on any atom is 0.409 e. The molecule has 1 saturated heterocycles. The standard InChI is InChI=1S/C18H27N3O4/c1-3-24-16-7-5-14(6-8-16)13-19-17(22)20-15-9-11-21(12-10-15)18(23)25-4-2/h5-8,15H,3-4,9-13H2,1-2H3,(H2,19,20,22). The van der Waals surface area contributed by atoms with E-state index in [4.69, 9.17) is 9.47 Å². The van der Waals surface area contributed by atoms with Crippen molar-refractivity contribution in [2.45, 2.75) is 39.3 Å². The molecule has 0 unspecified atom stereocenters. The number of likely N-dealkylation sites (tertiary alicyclic amines) is 1. The summed E-state index contributed by atoms with van der Waals surface area (Å²) in [5.41, 5.74) is 1.01. The second-order valence-electron chi connectivity index (χ2n) is 5.86. The van der Waals surface area contributed by atoms with Gasteiger partial charge in [0, 0.05) is 25.7 Å². The van der Waals surface area contributed by atoms with E-state index >= 15 is 0 Å². The minimum absolute atomic E-state index is 0.0750. The summed E-state index contributed by atoms with van der Waals surface area (Å²) >= 11 is 0. The van der Waals surface area contributed by atoms with E-state index in [9.17, 15) is 9.59 Å². The smallest absolute Gasteiger partial charge is 0.409 e. The van der Waals surface area contributed by atoms with Gasteiger partial charge in [-0.05, 0) is 44.4 Å². The van der Waals surface area contributed by atoms with Crippen molar-refractivity contribution < 1.29 is 19.1 Å². The molecule has 1 aromatic carbocycles. The van der Waals surface area contributed by atoms with Gasteiger partial charge in [0.05, 0.1) is 13.2 Å². The predicted molar refractivity (Wildman–Crippen MR) is 94.6 cm³/mol. The number of nitrogens with zero attached hydrogens (tertiary/aromatic N) is 1. The van der Waals surface area contributed by atoms with Crippen LogP contribution < -0.4 is 15.4 Å². The Balaban J connectivity index is 1.68. The maximum absolute atomic E-state index is 12.0. The summed E-state index contributed by atoms with van der Waals surface area (Å²) in [5.74, 6) is 0.823. The molecular formula is C18H27N3O4. The lowest BCUT2D eigenvalue weighted by Gasteiger charge is -2.31. The SMILES string of the molecule is CCOC(=O)N1CCC(NC(=O)NCc2ccc(OCC)cc2)CC1. The molecule has 1 aliphatic rings. The van der Waals surface area contributed by atoms with Crippen molar-refractivity contribution in [1.29, 1.82) is 0 Å². The highest BCUT2D eigenvalue weighted by Crippen LogP contribution is 2.13. The van der Waals surface area contributed by atoms with Gasteiger partial charge in [0.1, 0.15) is 5.75 Å². The molecule has 0 spiro atoms. The number of hydrogen-bond donors (Lipinski definition) is 2. The fraction of sp³-hybridized carbons (Fsp3) is 0.556. The molecule has 25 heavy (non-hydrogen) atoms. The summed E-state index contributed by atoms with van der Waals surface area (Å²) < 4.78 is 10.4. The van der Waals surface area contributed by atoms with E-state index in [-0.39, 0.29) is 18.2 Å². The van der Waals surface area contributed by atoms with Gasteiger partial charge in [-0.15, -0.1) is 0 Å². The van der Waals surface area contributed by atoms with Crippen LogP contribution >= 0.6 is 0 Å². The highest BCUT2D eigenvalue weighted by atomic mass is 16.6. The van der Waals surface area contributed by atoms with Gasteiger partial charge in [0.25, 0.3) is 0 Å². The molecule has 1 aromatic rings. The van der Waals surface area contributed by atoms with Gasteiger partial charge in [0.2, 0.25) is 0 Å². The second kappa shape index (κ2) is 9.76. The van der Waals surface area contributed by atoms with Crippen LogP contribution in [0.5, 0.6) is 5.75 Å². The summed E-state index contributed by atoms with van der Waals surface area (Å²) in [4.78, 5) is 25.3. The summed E-state index contributed by atoms with van der Waals surface area (Å²) in [5, 5.41) is 5.81. The molecule has 0 bridgehead atoms. The van der Waals surface area contributed by atoms with Gasteiger partial charge in [-0.3, -0.25) is 0 Å². The first-order valence-corrected chi connectivity index (χ1v) is 8.80. The molecule has 0 atom stereocenters. The molecule has 0 saturated carbocycles. The van der Waals surface area contributed by atoms with Gasteiger partial charge in [0.15, 0.2) is 0 Å². The first-order valence-electron chi connectivity index (χ1n) is 8.80. The molecule has 3 amide bonds. The van der Waals surface area contributed by atoms with Crippen LogP contribution in [0, 0.1) is 0 Å². The number of urea groups is 1. The average Bonchev–Trinajstić information content (AvgIpc) is 2.62. The van der Waals surface area contributed by atoms with E-state index in [1.165, 1.54) is 0 Å². The molecule has 2 rings (SSSR count). The molecule has 0 aromatic heterocycles. The number of ether oxygens (including phenoxy) is 2. The number of piperidine rings is 1. The second-order valence-corrected chi connectivity index (χ2v) is 5.86. The van der Waals surface area contributed by atoms with Crippen molar-refractivity contribution in [1.82, 2.24) is 15.5 Å². The van der Waals surface area contributed by atoms with Crippen LogP contribution in [-0.4, -0.2) is 49.4 Å². The van der Waals surface area contributed by atoms with Crippen LogP contribution in [0.25, 0.3) is 0 Å². The Labute approximate surface area is 148 Å². The van der Waals surface area contributed by atoms with Gasteiger partial charge in [-0.2, -0.15) is 0 Å². The minimum atomic E-state index is -0.277. The van der Waals surface area contributed by atoms with E-state index in [1.54, 1.807) is 11.8 Å². The minimum Gasteiger partial charge on any atom is -0.494 e. The number of carbonyl (C=O) groups excluding carboxylic acids is 2. The quantitative estimate of drug-likeness (QED) is 0.827. The van der Waals surface area contributed by atoms with Crippen LogP contribution in [0.2, 0.25) is 0 Å². The van der Waals surface area contributed by atoms with Crippen LogP contribution in [0.4, 0.5) is 9.59 Å². The monoisotopic (exact) mass is 349 g/mol. The molecular weight excluding hydrogens is 322 g/mol. The van der Waals surface area contributed by atoms with E-state index in [0.717, 1.165) is 24.2 Å². The lowest BCUT2D eigenvalue weighted by Crippen LogP contribution is -2.49. The Bertz CT molecular complexity index is 554. The third-order valence-electron chi connectivity index (χ3n) is 4.04. The molecule has 1 heterocycles. The highest BCUT2D eigenvalue weighted by Gasteiger charge is 2.24. The van der Waals surface area contributed by atoms with Gasteiger partial charge < -0.3 is 25.0 Å². The number of rotatable bonds is 6. The van der Waals surface area contributed by atoms with Gasteiger partial charge in [-0.25, -0.2) is 9.59 Å². The lowest BCUT2D eigenvalue weighted by atomic mass is 10.1. The number of benzene rings is 1. The Morgan fingerprint density at radius 3 is 2.40 bits per heavy atom. The van der Waals surface area contributed by atoms with Crippen LogP contribution in [0.1, 0.15) is 32.3 Å². The number of hydrogen-bond acceptors (Lipinski definition) is 4. The van der Waals surface area contributed by atoms with Crippen molar-refractivity contribution >= 4 is 12.1 Å². The van der Waals surface area contributed by atoms with Crippen molar-refractivity contribution in [2.75, 3.05) is 26.3 Å². The van der Waals surface area contributed by atoms with E-state index in [1.807, 2.05) is 31.2 Å². The molecule has 0 radical (unpaired) electrons. The summed E-state index contributed by atoms with van der Waals surface area (Å²) in [6.07, 6.45) is 1.19. The number of amides is 3. The van der Waals surface area contributed by atoms with Crippen molar-refractivity contribution in [3.63, 3.8) is 0 Å². The molecule has 7 nitrogen and oxygen atoms in total. The van der Waals surface area contributed by atoms with Crippen molar-refractivity contribution in [2.24, 2.45) is 0 Å². The molecule has 2 N–H and O–H groups in total.